The first kappa shape index (κ1) is 19.3. The fourth-order valence-corrected chi connectivity index (χ4v) is 2.71. The minimum atomic E-state index is -0.564. The minimum Gasteiger partial charge on any atom is -0.450 e. The highest BCUT2D eigenvalue weighted by molar-refractivity contribution is 6.30. The number of halogens is 1. The summed E-state index contributed by atoms with van der Waals surface area (Å²) in [5.41, 5.74) is 1.02. The molecule has 0 bridgehead atoms. The summed E-state index contributed by atoms with van der Waals surface area (Å²) in [6.45, 7) is 0.384. The third-order valence-electron chi connectivity index (χ3n) is 3.92. The fraction of sp³-hybridized carbons (Fsp3) is 0.100. The highest BCUT2D eigenvalue weighted by Crippen LogP contribution is 2.33. The number of nitro groups is 1. The number of ether oxygens (including phenoxy) is 1. The first-order chi connectivity index (χ1) is 13.4. The van der Waals surface area contributed by atoms with Gasteiger partial charge in [-0.3, -0.25) is 19.9 Å². The molecule has 28 heavy (non-hydrogen) atoms. The number of amides is 1. The predicted molar refractivity (Wildman–Crippen MR) is 105 cm³/mol. The van der Waals surface area contributed by atoms with E-state index >= 15 is 0 Å². The van der Waals surface area contributed by atoms with Crippen LogP contribution in [0.15, 0.2) is 66.9 Å². The number of pyridine rings is 1. The zero-order valence-corrected chi connectivity index (χ0v) is 15.7. The highest BCUT2D eigenvalue weighted by Gasteiger charge is 2.17. The number of nitro benzene ring substituents is 1. The van der Waals surface area contributed by atoms with Crippen molar-refractivity contribution < 1.29 is 14.5 Å². The van der Waals surface area contributed by atoms with Crippen molar-refractivity contribution >= 4 is 23.2 Å². The van der Waals surface area contributed by atoms with E-state index in [1.54, 1.807) is 42.4 Å². The molecule has 7 nitrogen and oxygen atoms in total. The fourth-order valence-electron chi connectivity index (χ4n) is 2.54. The van der Waals surface area contributed by atoms with Crippen molar-refractivity contribution in [3.8, 4) is 11.5 Å². The predicted octanol–water partition coefficient (Wildman–Crippen LogP) is 4.71. The molecule has 0 saturated heterocycles. The molecular weight excluding hydrogens is 382 g/mol. The Hall–Kier alpha value is -3.45. The summed E-state index contributed by atoms with van der Waals surface area (Å²) < 4.78 is 5.58. The van der Waals surface area contributed by atoms with Crippen LogP contribution in [0.3, 0.4) is 0 Å². The van der Waals surface area contributed by atoms with E-state index in [9.17, 15) is 14.9 Å². The first-order valence-corrected chi connectivity index (χ1v) is 8.69. The van der Waals surface area contributed by atoms with Gasteiger partial charge in [-0.15, -0.1) is 0 Å². The maximum Gasteiger partial charge on any atom is 0.313 e. The van der Waals surface area contributed by atoms with Crippen molar-refractivity contribution in [3.05, 3.63) is 93.3 Å². The van der Waals surface area contributed by atoms with Gasteiger partial charge in [-0.2, -0.15) is 0 Å². The Kier molecular flexibility index (Phi) is 5.86. The van der Waals surface area contributed by atoms with E-state index < -0.39 is 4.92 Å². The molecule has 0 fully saturated rings. The molecule has 142 valence electrons. The molecule has 1 aromatic heterocycles. The van der Waals surface area contributed by atoms with Gasteiger partial charge in [-0.25, -0.2) is 0 Å². The van der Waals surface area contributed by atoms with Crippen LogP contribution >= 0.6 is 11.6 Å². The summed E-state index contributed by atoms with van der Waals surface area (Å²) in [5, 5.41) is 11.4. The molecule has 1 heterocycles. The number of hydrogen-bond acceptors (Lipinski definition) is 5. The van der Waals surface area contributed by atoms with Gasteiger partial charge >= 0.3 is 5.69 Å². The average Bonchev–Trinajstić information content (AvgIpc) is 2.70. The second kappa shape index (κ2) is 8.49. The van der Waals surface area contributed by atoms with Gasteiger partial charge < -0.3 is 9.64 Å². The lowest BCUT2D eigenvalue weighted by molar-refractivity contribution is -0.385. The first-order valence-electron chi connectivity index (χ1n) is 8.31. The largest absolute Gasteiger partial charge is 0.450 e. The van der Waals surface area contributed by atoms with Crippen molar-refractivity contribution in [2.45, 2.75) is 6.54 Å². The molecule has 0 spiro atoms. The SMILES string of the molecule is CN(Cc1ccccn1)C(=O)c1ccc(Oc2ccc(Cl)cc2[N+](=O)[O-])cc1. The second-order valence-electron chi connectivity index (χ2n) is 5.98. The third kappa shape index (κ3) is 4.63. The van der Waals surface area contributed by atoms with E-state index in [-0.39, 0.29) is 22.4 Å². The molecule has 2 aromatic carbocycles. The molecule has 0 unspecified atom stereocenters. The van der Waals surface area contributed by atoms with E-state index in [2.05, 4.69) is 4.98 Å². The number of hydrogen-bond donors (Lipinski definition) is 0. The van der Waals surface area contributed by atoms with Crippen LogP contribution in [-0.4, -0.2) is 27.8 Å². The van der Waals surface area contributed by atoms with Gasteiger partial charge in [0.2, 0.25) is 5.75 Å². The molecule has 0 radical (unpaired) electrons. The van der Waals surface area contributed by atoms with Crippen molar-refractivity contribution in [3.63, 3.8) is 0 Å². The van der Waals surface area contributed by atoms with E-state index in [0.29, 0.717) is 17.9 Å². The Balaban J connectivity index is 1.71. The molecule has 3 rings (SSSR count). The summed E-state index contributed by atoms with van der Waals surface area (Å²) in [6.07, 6.45) is 1.68. The van der Waals surface area contributed by atoms with Crippen LogP contribution < -0.4 is 4.74 Å². The Morgan fingerprint density at radius 2 is 1.93 bits per heavy atom. The van der Waals surface area contributed by atoms with E-state index in [4.69, 9.17) is 16.3 Å². The molecular formula is C20H16ClN3O4. The van der Waals surface area contributed by atoms with E-state index in [1.807, 2.05) is 18.2 Å². The van der Waals surface area contributed by atoms with E-state index in [1.165, 1.54) is 18.2 Å². The van der Waals surface area contributed by atoms with Crippen molar-refractivity contribution in [1.82, 2.24) is 9.88 Å². The summed E-state index contributed by atoms with van der Waals surface area (Å²) >= 11 is 5.80. The summed E-state index contributed by atoms with van der Waals surface area (Å²) in [7, 11) is 1.69. The van der Waals surface area contributed by atoms with Crippen molar-refractivity contribution in [1.29, 1.82) is 0 Å². The second-order valence-corrected chi connectivity index (χ2v) is 6.41. The van der Waals surface area contributed by atoms with Gasteiger partial charge in [0.05, 0.1) is 17.2 Å². The van der Waals surface area contributed by atoms with Gasteiger partial charge in [0.25, 0.3) is 5.91 Å². The van der Waals surface area contributed by atoms with E-state index in [0.717, 1.165) is 5.69 Å². The van der Waals surface area contributed by atoms with Crippen LogP contribution in [0.1, 0.15) is 16.1 Å². The Morgan fingerprint density at radius 3 is 2.57 bits per heavy atom. The molecule has 0 aliphatic heterocycles. The van der Waals surface area contributed by atoms with Crippen molar-refractivity contribution in [2.24, 2.45) is 0 Å². The van der Waals surface area contributed by atoms with Crippen LogP contribution in [0.5, 0.6) is 11.5 Å². The van der Waals surface area contributed by atoms with Crippen LogP contribution in [0.25, 0.3) is 0 Å². The minimum absolute atomic E-state index is 0.0701. The van der Waals surface area contributed by atoms with Gasteiger partial charge in [-0.1, -0.05) is 17.7 Å². The lowest BCUT2D eigenvalue weighted by Gasteiger charge is -2.17. The van der Waals surface area contributed by atoms with Gasteiger partial charge in [-0.05, 0) is 48.5 Å². The molecule has 0 N–H and O–H groups in total. The maximum absolute atomic E-state index is 12.6. The Bertz CT molecular complexity index is 994. The van der Waals surface area contributed by atoms with Crippen LogP contribution in [0.2, 0.25) is 5.02 Å². The summed E-state index contributed by atoms with van der Waals surface area (Å²) in [6, 6.07) is 16.1. The lowest BCUT2D eigenvalue weighted by atomic mass is 10.2. The maximum atomic E-state index is 12.6. The molecule has 0 aliphatic rings. The number of nitrogens with zero attached hydrogens (tertiary/aromatic N) is 3. The van der Waals surface area contributed by atoms with Gasteiger partial charge in [0.15, 0.2) is 0 Å². The van der Waals surface area contributed by atoms with Crippen LogP contribution in [0.4, 0.5) is 5.69 Å². The molecule has 0 aliphatic carbocycles. The summed E-state index contributed by atoms with van der Waals surface area (Å²) in [4.78, 5) is 28.9. The Morgan fingerprint density at radius 1 is 1.18 bits per heavy atom. The van der Waals surface area contributed by atoms with Gasteiger partial charge in [0.1, 0.15) is 5.75 Å². The number of carbonyl (C=O) groups is 1. The smallest absolute Gasteiger partial charge is 0.313 e. The van der Waals surface area contributed by atoms with Crippen molar-refractivity contribution in [2.75, 3.05) is 7.05 Å². The molecule has 8 heteroatoms. The highest BCUT2D eigenvalue weighted by atomic mass is 35.5. The molecule has 3 aromatic rings. The lowest BCUT2D eigenvalue weighted by Crippen LogP contribution is -2.26. The number of aromatic nitrogens is 1. The topological polar surface area (TPSA) is 85.6 Å². The molecule has 0 atom stereocenters. The Labute approximate surface area is 166 Å². The normalized spacial score (nSPS) is 10.4. The third-order valence-corrected chi connectivity index (χ3v) is 4.15. The monoisotopic (exact) mass is 397 g/mol. The average molecular weight is 398 g/mol. The summed E-state index contributed by atoms with van der Waals surface area (Å²) in [5.74, 6) is 0.268. The zero-order chi connectivity index (χ0) is 20.1. The standard InChI is InChI=1S/C20H16ClN3O4/c1-23(13-16-4-2-3-11-22-16)20(25)14-5-8-17(9-6-14)28-19-10-7-15(21)12-18(19)24(26)27/h2-12H,13H2,1H3. The number of carbonyl (C=O) groups excluding carboxylic acids is 1. The molecule has 0 saturated carbocycles. The van der Waals surface area contributed by atoms with Gasteiger partial charge in [0, 0.05) is 29.9 Å². The number of rotatable bonds is 6. The van der Waals surface area contributed by atoms with Crippen LogP contribution in [0, 0.1) is 10.1 Å². The number of benzene rings is 2. The molecule has 1 amide bonds. The zero-order valence-electron chi connectivity index (χ0n) is 14.9. The van der Waals surface area contributed by atoms with Crippen LogP contribution in [-0.2, 0) is 6.54 Å². The quantitative estimate of drug-likeness (QED) is 0.444.